The van der Waals surface area contributed by atoms with Gasteiger partial charge in [0.2, 0.25) is 5.82 Å². The summed E-state index contributed by atoms with van der Waals surface area (Å²) in [5.41, 5.74) is 1.25. The number of hydrogen-bond donors (Lipinski definition) is 1. The van der Waals surface area contributed by atoms with Crippen molar-refractivity contribution in [1.82, 2.24) is 15.1 Å². The number of benzene rings is 1. The van der Waals surface area contributed by atoms with Crippen LogP contribution in [0, 0.1) is 17.1 Å². The van der Waals surface area contributed by atoms with Crippen LogP contribution in [0.5, 0.6) is 0 Å². The van der Waals surface area contributed by atoms with Gasteiger partial charge in [-0.25, -0.2) is 4.39 Å². The fourth-order valence-corrected chi connectivity index (χ4v) is 1.68. The standard InChI is InChI=1S/C13H7FN4O/c14-11-4-2-1-3-10(11)12-17-13(19-18-12)8-5-9(6-15)16-7-8/h1-5,7,16H. The van der Waals surface area contributed by atoms with E-state index in [0.717, 1.165) is 0 Å². The molecule has 6 heteroatoms. The predicted octanol–water partition coefficient (Wildman–Crippen LogP) is 2.74. The van der Waals surface area contributed by atoms with Gasteiger partial charge in [-0.1, -0.05) is 17.3 Å². The Labute approximate surface area is 107 Å². The van der Waals surface area contributed by atoms with E-state index in [1.807, 2.05) is 6.07 Å². The molecule has 0 unspecified atom stereocenters. The number of aromatic amines is 1. The maximum Gasteiger partial charge on any atom is 0.259 e. The van der Waals surface area contributed by atoms with Crippen molar-refractivity contribution in [1.29, 1.82) is 5.26 Å². The van der Waals surface area contributed by atoms with Gasteiger partial charge in [0.05, 0.1) is 11.1 Å². The molecule has 92 valence electrons. The number of nitrogens with one attached hydrogen (secondary N) is 1. The fraction of sp³-hybridized carbons (Fsp3) is 0. The zero-order valence-corrected chi connectivity index (χ0v) is 9.59. The van der Waals surface area contributed by atoms with Crippen LogP contribution in [-0.2, 0) is 0 Å². The molecule has 2 heterocycles. The lowest BCUT2D eigenvalue weighted by Crippen LogP contribution is -1.85. The number of rotatable bonds is 2. The quantitative estimate of drug-likeness (QED) is 0.762. The molecule has 19 heavy (non-hydrogen) atoms. The minimum absolute atomic E-state index is 0.174. The summed E-state index contributed by atoms with van der Waals surface area (Å²) in [7, 11) is 0. The van der Waals surface area contributed by atoms with E-state index >= 15 is 0 Å². The Bertz CT molecular complexity index is 769. The van der Waals surface area contributed by atoms with Crippen LogP contribution < -0.4 is 0 Å². The van der Waals surface area contributed by atoms with Crippen molar-refractivity contribution in [2.24, 2.45) is 0 Å². The Morgan fingerprint density at radius 2 is 2.16 bits per heavy atom. The van der Waals surface area contributed by atoms with E-state index in [2.05, 4.69) is 15.1 Å². The summed E-state index contributed by atoms with van der Waals surface area (Å²) in [6.07, 6.45) is 1.58. The van der Waals surface area contributed by atoms with Gasteiger partial charge >= 0.3 is 0 Å². The Hall–Kier alpha value is -2.94. The fourth-order valence-electron chi connectivity index (χ4n) is 1.68. The van der Waals surface area contributed by atoms with Gasteiger partial charge in [-0.15, -0.1) is 0 Å². The second-order valence-corrected chi connectivity index (χ2v) is 3.82. The van der Waals surface area contributed by atoms with E-state index in [1.165, 1.54) is 6.07 Å². The highest BCUT2D eigenvalue weighted by atomic mass is 19.1. The molecular weight excluding hydrogens is 247 g/mol. The normalized spacial score (nSPS) is 10.3. The lowest BCUT2D eigenvalue weighted by atomic mass is 10.2. The largest absolute Gasteiger partial charge is 0.352 e. The average molecular weight is 254 g/mol. The number of nitrogens with zero attached hydrogens (tertiary/aromatic N) is 3. The van der Waals surface area contributed by atoms with Crippen LogP contribution >= 0.6 is 0 Å². The molecule has 0 aliphatic carbocycles. The van der Waals surface area contributed by atoms with Gasteiger partial charge in [0.1, 0.15) is 17.6 Å². The summed E-state index contributed by atoms with van der Waals surface area (Å²) >= 11 is 0. The van der Waals surface area contributed by atoms with Crippen molar-refractivity contribution in [2.45, 2.75) is 0 Å². The lowest BCUT2D eigenvalue weighted by molar-refractivity contribution is 0.432. The highest BCUT2D eigenvalue weighted by molar-refractivity contribution is 5.60. The van der Waals surface area contributed by atoms with Crippen LogP contribution in [0.2, 0.25) is 0 Å². The van der Waals surface area contributed by atoms with Crippen molar-refractivity contribution in [3.05, 3.63) is 48.0 Å². The molecule has 0 saturated carbocycles. The summed E-state index contributed by atoms with van der Waals surface area (Å²) in [6.45, 7) is 0. The van der Waals surface area contributed by atoms with Crippen molar-refractivity contribution >= 4 is 0 Å². The molecule has 0 saturated heterocycles. The predicted molar refractivity (Wildman–Crippen MR) is 64.2 cm³/mol. The first kappa shape index (κ1) is 11.2. The van der Waals surface area contributed by atoms with Crippen molar-refractivity contribution in [3.8, 4) is 28.9 Å². The second-order valence-electron chi connectivity index (χ2n) is 3.82. The average Bonchev–Trinajstić information content (AvgIpc) is 3.08. The Balaban J connectivity index is 2.00. The molecule has 0 radical (unpaired) electrons. The molecule has 0 amide bonds. The molecule has 0 aliphatic heterocycles. The van der Waals surface area contributed by atoms with Gasteiger partial charge in [0.15, 0.2) is 0 Å². The van der Waals surface area contributed by atoms with Crippen molar-refractivity contribution in [3.63, 3.8) is 0 Å². The van der Waals surface area contributed by atoms with Crippen LogP contribution in [0.4, 0.5) is 4.39 Å². The van der Waals surface area contributed by atoms with E-state index in [4.69, 9.17) is 9.78 Å². The number of aromatic nitrogens is 3. The van der Waals surface area contributed by atoms with Crippen LogP contribution in [0.3, 0.4) is 0 Å². The summed E-state index contributed by atoms with van der Waals surface area (Å²) < 4.78 is 18.6. The molecule has 0 aliphatic rings. The smallest absolute Gasteiger partial charge is 0.259 e. The van der Waals surface area contributed by atoms with Crippen LogP contribution in [0.15, 0.2) is 41.1 Å². The summed E-state index contributed by atoms with van der Waals surface area (Å²) in [5, 5.41) is 12.5. The topological polar surface area (TPSA) is 78.5 Å². The monoisotopic (exact) mass is 254 g/mol. The highest BCUT2D eigenvalue weighted by Gasteiger charge is 2.14. The number of H-pyrrole nitrogens is 1. The summed E-state index contributed by atoms with van der Waals surface area (Å²) in [4.78, 5) is 6.86. The van der Waals surface area contributed by atoms with E-state index < -0.39 is 5.82 Å². The molecule has 2 aromatic heterocycles. The van der Waals surface area contributed by atoms with Gasteiger partial charge < -0.3 is 9.51 Å². The van der Waals surface area contributed by atoms with Gasteiger partial charge in [0, 0.05) is 6.20 Å². The summed E-state index contributed by atoms with van der Waals surface area (Å²) in [5.74, 6) is -0.00885. The molecule has 0 fully saturated rings. The van der Waals surface area contributed by atoms with E-state index in [9.17, 15) is 4.39 Å². The SMILES string of the molecule is N#Cc1cc(-c2nc(-c3ccccc3F)no2)c[nH]1. The maximum absolute atomic E-state index is 13.6. The molecule has 3 aromatic rings. The first-order valence-corrected chi connectivity index (χ1v) is 5.45. The molecule has 3 rings (SSSR count). The molecule has 0 bridgehead atoms. The minimum Gasteiger partial charge on any atom is -0.352 e. The van der Waals surface area contributed by atoms with Crippen molar-refractivity contribution < 1.29 is 8.91 Å². The van der Waals surface area contributed by atoms with Crippen LogP contribution in [-0.4, -0.2) is 15.1 Å². The zero-order chi connectivity index (χ0) is 13.2. The zero-order valence-electron chi connectivity index (χ0n) is 9.59. The summed E-state index contributed by atoms with van der Waals surface area (Å²) in [6, 6.07) is 9.72. The van der Waals surface area contributed by atoms with Gasteiger partial charge in [0.25, 0.3) is 5.89 Å². The Morgan fingerprint density at radius 1 is 1.32 bits per heavy atom. The molecule has 5 nitrogen and oxygen atoms in total. The Kier molecular flexibility index (Phi) is 2.58. The third-order valence-electron chi connectivity index (χ3n) is 2.59. The molecule has 1 aromatic carbocycles. The molecule has 1 N–H and O–H groups in total. The maximum atomic E-state index is 13.6. The highest BCUT2D eigenvalue weighted by Crippen LogP contribution is 2.24. The third-order valence-corrected chi connectivity index (χ3v) is 2.59. The first-order valence-electron chi connectivity index (χ1n) is 5.45. The van der Waals surface area contributed by atoms with E-state index in [-0.39, 0.29) is 17.3 Å². The van der Waals surface area contributed by atoms with Crippen LogP contribution in [0.1, 0.15) is 5.69 Å². The lowest BCUT2D eigenvalue weighted by Gasteiger charge is -1.94. The number of halogens is 1. The van der Waals surface area contributed by atoms with Gasteiger partial charge in [-0.3, -0.25) is 0 Å². The number of hydrogen-bond acceptors (Lipinski definition) is 4. The third kappa shape index (κ3) is 1.98. The van der Waals surface area contributed by atoms with Gasteiger partial charge in [-0.05, 0) is 18.2 Å². The van der Waals surface area contributed by atoms with E-state index in [1.54, 1.807) is 30.5 Å². The van der Waals surface area contributed by atoms with Gasteiger partial charge in [-0.2, -0.15) is 10.2 Å². The molecular formula is C13H7FN4O. The Morgan fingerprint density at radius 3 is 2.89 bits per heavy atom. The first-order chi connectivity index (χ1) is 9.28. The molecule has 0 spiro atoms. The van der Waals surface area contributed by atoms with Crippen molar-refractivity contribution in [2.75, 3.05) is 0 Å². The molecule has 0 atom stereocenters. The van der Waals surface area contributed by atoms with Crippen LogP contribution in [0.25, 0.3) is 22.8 Å². The van der Waals surface area contributed by atoms with E-state index in [0.29, 0.717) is 11.3 Å². The second kappa shape index (κ2) is 4.38. The number of nitriles is 1. The minimum atomic E-state index is -0.415.